The molecule has 1 heterocycles. The van der Waals surface area contributed by atoms with Crippen molar-refractivity contribution in [1.82, 2.24) is 15.5 Å². The highest BCUT2D eigenvalue weighted by molar-refractivity contribution is 5.94. The van der Waals surface area contributed by atoms with Crippen LogP contribution in [-0.4, -0.2) is 86.7 Å². The molecule has 1 fully saturated rings. The van der Waals surface area contributed by atoms with Gasteiger partial charge in [0.1, 0.15) is 18.1 Å². The van der Waals surface area contributed by atoms with Crippen molar-refractivity contribution < 1.29 is 39.3 Å². The van der Waals surface area contributed by atoms with Gasteiger partial charge in [-0.25, -0.2) is 4.79 Å². The Hall–Kier alpha value is -2.73. The van der Waals surface area contributed by atoms with E-state index >= 15 is 0 Å². The number of aliphatic hydroxyl groups is 1. The molecule has 31 heavy (non-hydrogen) atoms. The molecule has 1 saturated heterocycles. The van der Waals surface area contributed by atoms with Gasteiger partial charge in [-0.3, -0.25) is 19.2 Å². The van der Waals surface area contributed by atoms with E-state index in [9.17, 15) is 34.2 Å². The van der Waals surface area contributed by atoms with Crippen molar-refractivity contribution in [1.29, 1.82) is 0 Å². The van der Waals surface area contributed by atoms with Gasteiger partial charge in [-0.15, -0.1) is 0 Å². The molecule has 0 aromatic carbocycles. The fourth-order valence-corrected chi connectivity index (χ4v) is 3.30. The minimum absolute atomic E-state index is 0.150. The first-order chi connectivity index (χ1) is 14.4. The van der Waals surface area contributed by atoms with Crippen molar-refractivity contribution in [2.24, 2.45) is 11.7 Å². The summed E-state index contributed by atoms with van der Waals surface area (Å²) in [6, 6.07) is -4.64. The van der Waals surface area contributed by atoms with Crippen LogP contribution < -0.4 is 16.4 Å². The van der Waals surface area contributed by atoms with Crippen molar-refractivity contribution >= 4 is 29.7 Å². The summed E-state index contributed by atoms with van der Waals surface area (Å²) in [5.41, 5.74) is 5.65. The first-order valence-electron chi connectivity index (χ1n) is 10.2. The molecule has 7 N–H and O–H groups in total. The average Bonchev–Trinajstić information content (AvgIpc) is 3.16. The van der Waals surface area contributed by atoms with Crippen molar-refractivity contribution in [3.8, 4) is 0 Å². The molecule has 0 aromatic rings. The van der Waals surface area contributed by atoms with E-state index in [1.165, 1.54) is 11.8 Å². The lowest BCUT2D eigenvalue weighted by molar-refractivity contribution is -0.146. The monoisotopic (exact) mass is 444 g/mol. The van der Waals surface area contributed by atoms with Gasteiger partial charge in [-0.05, 0) is 32.1 Å². The van der Waals surface area contributed by atoms with E-state index in [0.717, 1.165) is 0 Å². The number of hydrogen-bond donors (Lipinski definition) is 6. The summed E-state index contributed by atoms with van der Waals surface area (Å²) in [5, 5.41) is 32.8. The Labute approximate surface area is 180 Å². The summed E-state index contributed by atoms with van der Waals surface area (Å²) in [6.07, 6.45) is -1.00. The lowest BCUT2D eigenvalue weighted by Gasteiger charge is -2.31. The molecule has 12 heteroatoms. The molecule has 3 amide bonds. The van der Waals surface area contributed by atoms with Crippen molar-refractivity contribution in [2.45, 2.75) is 76.7 Å². The van der Waals surface area contributed by atoms with Crippen LogP contribution in [0, 0.1) is 5.92 Å². The number of aliphatic carboxylic acids is 2. The molecule has 0 spiro atoms. The third-order valence-corrected chi connectivity index (χ3v) is 5.12. The van der Waals surface area contributed by atoms with Gasteiger partial charge in [0.2, 0.25) is 17.7 Å². The Morgan fingerprint density at radius 3 is 2.16 bits per heavy atom. The van der Waals surface area contributed by atoms with Crippen LogP contribution in [0.15, 0.2) is 0 Å². The maximum Gasteiger partial charge on any atom is 0.326 e. The zero-order chi connectivity index (χ0) is 23.9. The molecule has 1 aliphatic rings. The Morgan fingerprint density at radius 2 is 1.68 bits per heavy atom. The summed E-state index contributed by atoms with van der Waals surface area (Å²) in [4.78, 5) is 61.1. The molecule has 1 aliphatic heterocycles. The minimum Gasteiger partial charge on any atom is -0.481 e. The number of likely N-dealkylation sites (tertiary alicyclic amines) is 1. The topological polar surface area (TPSA) is 199 Å². The summed E-state index contributed by atoms with van der Waals surface area (Å²) < 4.78 is 0. The molecule has 1 rings (SSSR count). The molecule has 0 radical (unpaired) electrons. The molecule has 5 unspecified atom stereocenters. The van der Waals surface area contributed by atoms with E-state index in [1.807, 2.05) is 0 Å². The third kappa shape index (κ3) is 7.47. The zero-order valence-corrected chi connectivity index (χ0v) is 17.9. The van der Waals surface area contributed by atoms with Crippen molar-refractivity contribution in [3.05, 3.63) is 0 Å². The van der Waals surface area contributed by atoms with Crippen LogP contribution in [0.2, 0.25) is 0 Å². The highest BCUT2D eigenvalue weighted by Gasteiger charge is 2.40. The second-order valence-electron chi connectivity index (χ2n) is 8.02. The molecule has 5 atom stereocenters. The van der Waals surface area contributed by atoms with Crippen molar-refractivity contribution in [2.75, 3.05) is 6.54 Å². The van der Waals surface area contributed by atoms with Gasteiger partial charge in [-0.1, -0.05) is 13.8 Å². The Kier molecular flexibility index (Phi) is 9.85. The Balaban J connectivity index is 2.89. The van der Waals surface area contributed by atoms with Crippen LogP contribution in [0.5, 0.6) is 0 Å². The van der Waals surface area contributed by atoms with Crippen LogP contribution in [0.25, 0.3) is 0 Å². The normalized spacial score (nSPS) is 19.9. The number of carbonyl (C=O) groups excluding carboxylic acids is 3. The third-order valence-electron chi connectivity index (χ3n) is 5.12. The highest BCUT2D eigenvalue weighted by atomic mass is 16.4. The fraction of sp³-hybridized carbons (Fsp3) is 0.737. The van der Waals surface area contributed by atoms with Crippen LogP contribution >= 0.6 is 0 Å². The maximum atomic E-state index is 13.0. The van der Waals surface area contributed by atoms with E-state index in [4.69, 9.17) is 10.8 Å². The SMILES string of the molecule is CC(C)C(NC(=O)C1CCCN1C(=O)C(NC(=O)C(N)CCC(=O)O)C(C)O)C(=O)O. The first kappa shape index (κ1) is 26.3. The molecule has 12 nitrogen and oxygen atoms in total. The second kappa shape index (κ2) is 11.6. The van der Waals surface area contributed by atoms with E-state index in [2.05, 4.69) is 10.6 Å². The van der Waals surface area contributed by atoms with E-state index in [-0.39, 0.29) is 25.3 Å². The quantitative estimate of drug-likeness (QED) is 0.214. The van der Waals surface area contributed by atoms with Gasteiger partial charge in [0.05, 0.1) is 12.1 Å². The number of amides is 3. The first-order valence-corrected chi connectivity index (χ1v) is 10.2. The van der Waals surface area contributed by atoms with Gasteiger partial charge in [0, 0.05) is 13.0 Å². The van der Waals surface area contributed by atoms with Gasteiger partial charge < -0.3 is 36.6 Å². The number of carboxylic acids is 2. The number of carboxylic acid groups (broad SMARTS) is 2. The highest BCUT2D eigenvalue weighted by Crippen LogP contribution is 2.20. The predicted octanol–water partition coefficient (Wildman–Crippen LogP) is -1.74. The van der Waals surface area contributed by atoms with Crippen LogP contribution in [0.1, 0.15) is 46.5 Å². The van der Waals surface area contributed by atoms with Gasteiger partial charge in [0.15, 0.2) is 0 Å². The lowest BCUT2D eigenvalue weighted by atomic mass is 10.0. The second-order valence-corrected chi connectivity index (χ2v) is 8.02. The molecule has 0 bridgehead atoms. The fourth-order valence-electron chi connectivity index (χ4n) is 3.30. The van der Waals surface area contributed by atoms with E-state index in [1.54, 1.807) is 13.8 Å². The number of carbonyl (C=O) groups is 5. The Morgan fingerprint density at radius 1 is 1.06 bits per heavy atom. The van der Waals surface area contributed by atoms with Crippen LogP contribution in [-0.2, 0) is 24.0 Å². The van der Waals surface area contributed by atoms with Gasteiger partial charge in [0.25, 0.3) is 0 Å². The lowest BCUT2D eigenvalue weighted by Crippen LogP contribution is -2.59. The molecule has 176 valence electrons. The minimum atomic E-state index is -1.39. The molecular weight excluding hydrogens is 412 g/mol. The number of nitrogens with two attached hydrogens (primary N) is 1. The number of nitrogens with one attached hydrogen (secondary N) is 2. The predicted molar refractivity (Wildman–Crippen MR) is 108 cm³/mol. The summed E-state index contributed by atoms with van der Waals surface area (Å²) in [6.45, 7) is 4.77. The smallest absolute Gasteiger partial charge is 0.326 e. The molecular formula is C19H32N4O8. The molecule has 0 aliphatic carbocycles. The molecule has 0 aromatic heterocycles. The number of nitrogens with zero attached hydrogens (tertiary/aromatic N) is 1. The number of rotatable bonds is 11. The standard InChI is InChI=1S/C19H32N4O8/c1-9(2)14(19(30)31)21-17(28)12-5-4-8-23(12)18(29)15(10(3)24)22-16(27)11(20)6-7-13(25)26/h9-12,14-15,24H,4-8,20H2,1-3H3,(H,21,28)(H,22,27)(H,25,26)(H,30,31). The number of aliphatic hydroxyl groups excluding tert-OH is 1. The zero-order valence-electron chi connectivity index (χ0n) is 17.9. The van der Waals surface area contributed by atoms with Gasteiger partial charge in [-0.2, -0.15) is 0 Å². The maximum absolute atomic E-state index is 13.0. The Bertz CT molecular complexity index is 696. The number of hydrogen-bond acceptors (Lipinski definition) is 7. The summed E-state index contributed by atoms with van der Waals surface area (Å²) in [5.74, 6) is -4.82. The van der Waals surface area contributed by atoms with Crippen LogP contribution in [0.3, 0.4) is 0 Å². The average molecular weight is 444 g/mol. The summed E-state index contributed by atoms with van der Waals surface area (Å²) >= 11 is 0. The van der Waals surface area contributed by atoms with Crippen LogP contribution in [0.4, 0.5) is 0 Å². The van der Waals surface area contributed by atoms with E-state index in [0.29, 0.717) is 12.8 Å². The van der Waals surface area contributed by atoms with Gasteiger partial charge >= 0.3 is 11.9 Å². The van der Waals surface area contributed by atoms with E-state index < -0.39 is 59.9 Å². The molecule has 0 saturated carbocycles. The summed E-state index contributed by atoms with van der Waals surface area (Å²) in [7, 11) is 0. The largest absolute Gasteiger partial charge is 0.481 e. The van der Waals surface area contributed by atoms with Crippen molar-refractivity contribution in [3.63, 3.8) is 0 Å².